The van der Waals surface area contributed by atoms with Gasteiger partial charge in [-0.25, -0.2) is 9.97 Å². The number of likely N-dealkylation sites (tertiary alicyclic amines) is 1. The molecule has 0 radical (unpaired) electrons. The summed E-state index contributed by atoms with van der Waals surface area (Å²) in [6.07, 6.45) is 5.51. The van der Waals surface area contributed by atoms with E-state index < -0.39 is 0 Å². The van der Waals surface area contributed by atoms with Gasteiger partial charge in [0.1, 0.15) is 5.82 Å². The van der Waals surface area contributed by atoms with E-state index in [1.54, 1.807) is 4.90 Å². The van der Waals surface area contributed by atoms with Crippen molar-refractivity contribution in [2.24, 2.45) is 5.92 Å². The lowest BCUT2D eigenvalue weighted by Crippen LogP contribution is -2.34. The van der Waals surface area contributed by atoms with E-state index in [0.717, 1.165) is 24.4 Å². The van der Waals surface area contributed by atoms with E-state index in [9.17, 15) is 9.59 Å². The molecule has 130 valence electrons. The first-order valence-corrected chi connectivity index (χ1v) is 8.99. The molecule has 1 aliphatic heterocycles. The lowest BCUT2D eigenvalue weighted by atomic mass is 9.95. The fourth-order valence-corrected chi connectivity index (χ4v) is 3.65. The molecule has 1 N–H and O–H groups in total. The fourth-order valence-electron chi connectivity index (χ4n) is 3.65. The van der Waals surface area contributed by atoms with Gasteiger partial charge in [-0.05, 0) is 45.1 Å². The van der Waals surface area contributed by atoms with Gasteiger partial charge >= 0.3 is 0 Å². The first kappa shape index (κ1) is 16.9. The summed E-state index contributed by atoms with van der Waals surface area (Å²) in [6, 6.07) is 0. The summed E-state index contributed by atoms with van der Waals surface area (Å²) < 4.78 is 0. The molecule has 1 aromatic rings. The van der Waals surface area contributed by atoms with Crippen LogP contribution in [0.5, 0.6) is 0 Å². The summed E-state index contributed by atoms with van der Waals surface area (Å²) in [5, 5.41) is 2.94. The van der Waals surface area contributed by atoms with Crippen molar-refractivity contribution in [1.29, 1.82) is 0 Å². The van der Waals surface area contributed by atoms with E-state index in [1.165, 1.54) is 24.1 Å². The summed E-state index contributed by atoms with van der Waals surface area (Å²) in [7, 11) is 0. The molecule has 3 rings (SSSR count). The zero-order valence-corrected chi connectivity index (χ0v) is 14.6. The molecule has 1 atom stereocenters. The molecule has 1 fully saturated rings. The number of amides is 2. The average molecular weight is 330 g/mol. The third kappa shape index (κ3) is 3.57. The average Bonchev–Trinajstić information content (AvgIpc) is 2.96. The van der Waals surface area contributed by atoms with Crippen molar-refractivity contribution >= 4 is 11.8 Å². The van der Waals surface area contributed by atoms with Crippen LogP contribution in [0.4, 0.5) is 0 Å². The van der Waals surface area contributed by atoms with Crippen LogP contribution in [0.2, 0.25) is 0 Å². The summed E-state index contributed by atoms with van der Waals surface area (Å²) in [4.78, 5) is 34.9. The number of aromatic nitrogens is 2. The normalized spacial score (nSPS) is 20.2. The zero-order valence-electron chi connectivity index (χ0n) is 14.6. The van der Waals surface area contributed by atoms with Crippen molar-refractivity contribution in [3.05, 3.63) is 22.8 Å². The van der Waals surface area contributed by atoms with Gasteiger partial charge in [-0.3, -0.25) is 9.59 Å². The first-order valence-electron chi connectivity index (χ1n) is 8.99. The minimum absolute atomic E-state index is 0.0334. The van der Waals surface area contributed by atoms with Gasteiger partial charge in [0, 0.05) is 43.9 Å². The summed E-state index contributed by atoms with van der Waals surface area (Å²) in [5.41, 5.74) is 3.59. The molecule has 1 saturated heterocycles. The number of nitrogens with one attached hydrogen (secondary N) is 1. The molecule has 1 aliphatic carbocycles. The molecule has 6 heteroatoms. The maximum atomic E-state index is 12.2. The Bertz CT molecular complexity index is 644. The van der Waals surface area contributed by atoms with Crippen LogP contribution < -0.4 is 5.32 Å². The number of nitrogens with zero attached hydrogens (tertiary/aromatic N) is 3. The molecule has 0 saturated carbocycles. The van der Waals surface area contributed by atoms with Crippen molar-refractivity contribution in [3.63, 3.8) is 0 Å². The molecule has 24 heavy (non-hydrogen) atoms. The van der Waals surface area contributed by atoms with Crippen LogP contribution in [0.25, 0.3) is 0 Å². The molecule has 0 bridgehead atoms. The molecule has 2 amide bonds. The van der Waals surface area contributed by atoms with Gasteiger partial charge in [0.25, 0.3) is 0 Å². The van der Waals surface area contributed by atoms with Crippen LogP contribution in [0.3, 0.4) is 0 Å². The van der Waals surface area contributed by atoms with Crippen molar-refractivity contribution in [1.82, 2.24) is 20.2 Å². The van der Waals surface area contributed by atoms with Crippen molar-refractivity contribution < 1.29 is 9.59 Å². The number of aryl methyl sites for hydroxylation is 2. The van der Waals surface area contributed by atoms with Crippen LogP contribution in [0, 0.1) is 12.8 Å². The lowest BCUT2D eigenvalue weighted by Gasteiger charge is -2.17. The minimum atomic E-state index is -0.219. The van der Waals surface area contributed by atoms with Crippen LogP contribution in [-0.2, 0) is 28.9 Å². The topological polar surface area (TPSA) is 75.2 Å². The number of fused-ring (bicyclic) bond motifs is 1. The van der Waals surface area contributed by atoms with Crippen LogP contribution >= 0.6 is 0 Å². The number of rotatable bonds is 5. The maximum absolute atomic E-state index is 12.2. The zero-order chi connectivity index (χ0) is 17.1. The Morgan fingerprint density at radius 1 is 1.29 bits per heavy atom. The summed E-state index contributed by atoms with van der Waals surface area (Å²) in [5.74, 6) is 0.634. The fraction of sp³-hybridized carbons (Fsp3) is 0.667. The monoisotopic (exact) mass is 330 g/mol. The van der Waals surface area contributed by atoms with Gasteiger partial charge in [-0.15, -0.1) is 0 Å². The second-order valence-electron chi connectivity index (χ2n) is 6.73. The third-order valence-electron chi connectivity index (χ3n) is 5.05. The molecule has 0 spiro atoms. The van der Waals surface area contributed by atoms with Crippen molar-refractivity contribution in [3.8, 4) is 0 Å². The highest BCUT2D eigenvalue weighted by atomic mass is 16.2. The lowest BCUT2D eigenvalue weighted by molar-refractivity contribution is -0.128. The van der Waals surface area contributed by atoms with Gasteiger partial charge in [0.15, 0.2) is 0 Å². The second kappa shape index (κ2) is 7.28. The summed E-state index contributed by atoms with van der Waals surface area (Å²) >= 11 is 0. The second-order valence-corrected chi connectivity index (χ2v) is 6.73. The molecular weight excluding hydrogens is 304 g/mol. The Hall–Kier alpha value is -1.98. The van der Waals surface area contributed by atoms with Crippen LogP contribution in [0.15, 0.2) is 0 Å². The number of hydrogen-bond acceptors (Lipinski definition) is 4. The van der Waals surface area contributed by atoms with E-state index in [4.69, 9.17) is 0 Å². The van der Waals surface area contributed by atoms with Crippen LogP contribution in [0.1, 0.15) is 49.0 Å². The van der Waals surface area contributed by atoms with Crippen LogP contribution in [-0.4, -0.2) is 46.3 Å². The van der Waals surface area contributed by atoms with Gasteiger partial charge in [0.2, 0.25) is 11.8 Å². The largest absolute Gasteiger partial charge is 0.355 e. The van der Waals surface area contributed by atoms with E-state index in [1.807, 2.05) is 6.92 Å². The van der Waals surface area contributed by atoms with Gasteiger partial charge < -0.3 is 10.2 Å². The standard InChI is InChI=1S/C18H26N4O2/c1-3-22-11-13(10-17(22)23)18(24)19-9-8-16-20-12(2)14-6-4-5-7-15(14)21-16/h13H,3-11H2,1-2H3,(H,19,24)/t13-/m1/s1. The van der Waals surface area contributed by atoms with E-state index in [0.29, 0.717) is 32.5 Å². The molecule has 2 aliphatic rings. The molecular formula is C18H26N4O2. The minimum Gasteiger partial charge on any atom is -0.355 e. The predicted molar refractivity (Wildman–Crippen MR) is 90.5 cm³/mol. The van der Waals surface area contributed by atoms with Crippen molar-refractivity contribution in [2.45, 2.75) is 52.4 Å². The number of carbonyl (C=O) groups is 2. The Kier molecular flexibility index (Phi) is 5.11. The van der Waals surface area contributed by atoms with E-state index in [2.05, 4.69) is 22.2 Å². The Morgan fingerprint density at radius 2 is 2.08 bits per heavy atom. The smallest absolute Gasteiger partial charge is 0.225 e. The summed E-state index contributed by atoms with van der Waals surface area (Å²) in [6.45, 7) is 5.72. The molecule has 1 aromatic heterocycles. The van der Waals surface area contributed by atoms with Gasteiger partial charge in [-0.2, -0.15) is 0 Å². The molecule has 0 aromatic carbocycles. The SMILES string of the molecule is CCN1C[C@H](C(=O)NCCc2nc(C)c3c(n2)CCCC3)CC1=O. The van der Waals surface area contributed by atoms with Gasteiger partial charge in [-0.1, -0.05) is 0 Å². The molecule has 6 nitrogen and oxygen atoms in total. The highest BCUT2D eigenvalue weighted by Crippen LogP contribution is 2.21. The number of carbonyl (C=O) groups excluding carboxylic acids is 2. The Labute approximate surface area is 143 Å². The molecule has 2 heterocycles. The highest BCUT2D eigenvalue weighted by molar-refractivity contribution is 5.89. The highest BCUT2D eigenvalue weighted by Gasteiger charge is 2.33. The number of hydrogen-bond donors (Lipinski definition) is 1. The Morgan fingerprint density at radius 3 is 2.83 bits per heavy atom. The maximum Gasteiger partial charge on any atom is 0.225 e. The van der Waals surface area contributed by atoms with E-state index in [-0.39, 0.29) is 17.7 Å². The molecule has 0 unspecified atom stereocenters. The quantitative estimate of drug-likeness (QED) is 0.880. The predicted octanol–water partition coefficient (Wildman–Crippen LogP) is 1.19. The third-order valence-corrected chi connectivity index (χ3v) is 5.05. The first-order chi connectivity index (χ1) is 11.6. The van der Waals surface area contributed by atoms with E-state index >= 15 is 0 Å². The van der Waals surface area contributed by atoms with Gasteiger partial charge in [0.05, 0.1) is 5.92 Å². The van der Waals surface area contributed by atoms with Crippen molar-refractivity contribution in [2.75, 3.05) is 19.6 Å². The Balaban J connectivity index is 1.52.